The second-order valence-corrected chi connectivity index (χ2v) is 9.52. The molecule has 1 aromatic carbocycles. The van der Waals surface area contributed by atoms with Crippen LogP contribution in [0.1, 0.15) is 43.2 Å². The summed E-state index contributed by atoms with van der Waals surface area (Å²) in [6.45, 7) is 2.32. The van der Waals surface area contributed by atoms with Crippen molar-refractivity contribution in [3.05, 3.63) is 23.3 Å². The van der Waals surface area contributed by atoms with Crippen LogP contribution in [-0.2, 0) is 16.6 Å². The van der Waals surface area contributed by atoms with Gasteiger partial charge in [0.25, 0.3) is 0 Å². The largest absolute Gasteiger partial charge is 0.484 e. The quantitative estimate of drug-likeness (QED) is 0.748. The molecule has 152 valence electrons. The van der Waals surface area contributed by atoms with Crippen molar-refractivity contribution in [1.29, 1.82) is 0 Å². The smallest absolute Gasteiger partial charge is 0.188 e. The van der Waals surface area contributed by atoms with Crippen LogP contribution in [0.15, 0.2) is 12.1 Å². The summed E-state index contributed by atoms with van der Waals surface area (Å²) in [6.07, 6.45) is 5.82. The van der Waals surface area contributed by atoms with Gasteiger partial charge in [0, 0.05) is 31.3 Å². The Morgan fingerprint density at radius 1 is 1.29 bits per heavy atom. The van der Waals surface area contributed by atoms with E-state index in [2.05, 4.69) is 11.0 Å². The molecule has 2 saturated carbocycles. The first-order chi connectivity index (χ1) is 13.6. The number of ether oxygens (including phenoxy) is 3. The summed E-state index contributed by atoms with van der Waals surface area (Å²) in [4.78, 5) is 2.58. The number of hydrogen-bond acceptors (Lipinski definition) is 6. The van der Waals surface area contributed by atoms with Gasteiger partial charge in [0.15, 0.2) is 18.3 Å². The first-order valence-electron chi connectivity index (χ1n) is 10.8. The SMILES string of the molecule is COCOc1ccc2c3c1O[C@H]1[C@H](N)CC[C@@]4(O)[C@@H](C2)N(CC2CC2)CC[C@]314. The van der Waals surface area contributed by atoms with Crippen molar-refractivity contribution in [3.8, 4) is 11.5 Å². The maximum Gasteiger partial charge on any atom is 0.188 e. The third-order valence-electron chi connectivity index (χ3n) is 8.13. The molecular formula is C22H30N2O4. The molecule has 6 rings (SSSR count). The molecule has 5 atom stereocenters. The van der Waals surface area contributed by atoms with Crippen LogP contribution in [0.3, 0.4) is 0 Å². The van der Waals surface area contributed by atoms with Crippen molar-refractivity contribution in [2.45, 2.75) is 67.7 Å². The number of methoxy groups -OCH3 is 1. The lowest BCUT2D eigenvalue weighted by molar-refractivity contribution is -0.189. The van der Waals surface area contributed by atoms with Gasteiger partial charge in [-0.3, -0.25) is 4.90 Å². The Morgan fingerprint density at radius 3 is 2.93 bits per heavy atom. The number of benzene rings is 1. The molecule has 3 fully saturated rings. The highest BCUT2D eigenvalue weighted by Crippen LogP contribution is 2.65. The van der Waals surface area contributed by atoms with Crippen LogP contribution < -0.4 is 15.2 Å². The number of rotatable bonds is 5. The van der Waals surface area contributed by atoms with Crippen molar-refractivity contribution in [2.24, 2.45) is 11.7 Å². The highest BCUT2D eigenvalue weighted by molar-refractivity contribution is 5.63. The molecule has 6 nitrogen and oxygen atoms in total. The average molecular weight is 386 g/mol. The van der Waals surface area contributed by atoms with Gasteiger partial charge in [0.05, 0.1) is 11.0 Å². The lowest BCUT2D eigenvalue weighted by Gasteiger charge is -2.64. The third kappa shape index (κ3) is 2.07. The summed E-state index contributed by atoms with van der Waals surface area (Å²) in [5, 5.41) is 12.3. The van der Waals surface area contributed by atoms with Crippen molar-refractivity contribution in [3.63, 3.8) is 0 Å². The topological polar surface area (TPSA) is 77.2 Å². The van der Waals surface area contributed by atoms with Gasteiger partial charge in [-0.15, -0.1) is 0 Å². The van der Waals surface area contributed by atoms with Gasteiger partial charge in [-0.05, 0) is 62.6 Å². The number of nitrogens with two attached hydrogens (primary N) is 1. The van der Waals surface area contributed by atoms with E-state index in [0.717, 1.165) is 50.4 Å². The molecule has 28 heavy (non-hydrogen) atoms. The van der Waals surface area contributed by atoms with E-state index < -0.39 is 11.0 Å². The Bertz CT molecular complexity index is 812. The monoisotopic (exact) mass is 386 g/mol. The molecular weight excluding hydrogens is 356 g/mol. The standard InChI is InChI=1S/C22H30N2O4/c1-26-12-27-16-5-4-14-10-17-22(25)7-6-15(23)20-21(22,18(14)19(16)28-20)8-9-24(17)11-13-2-3-13/h4-5,13,15,17,20,25H,2-3,6-12,23H2,1H3/t15-,17-,20+,21+,22-/m1/s1. The van der Waals surface area contributed by atoms with Crippen LogP contribution >= 0.6 is 0 Å². The number of likely N-dealkylation sites (tertiary alicyclic amines) is 1. The van der Waals surface area contributed by atoms with Crippen molar-refractivity contribution < 1.29 is 19.3 Å². The number of hydrogen-bond donors (Lipinski definition) is 2. The molecule has 0 amide bonds. The number of nitrogens with zero attached hydrogens (tertiary/aromatic N) is 1. The zero-order chi connectivity index (χ0) is 19.1. The Kier molecular flexibility index (Phi) is 3.66. The predicted molar refractivity (Wildman–Crippen MR) is 104 cm³/mol. The van der Waals surface area contributed by atoms with Gasteiger partial charge in [0.2, 0.25) is 0 Å². The van der Waals surface area contributed by atoms with E-state index in [9.17, 15) is 5.11 Å². The van der Waals surface area contributed by atoms with Crippen molar-refractivity contribution in [2.75, 3.05) is 27.0 Å². The van der Waals surface area contributed by atoms with Crippen LogP contribution in [0.25, 0.3) is 0 Å². The molecule has 6 heteroatoms. The first kappa shape index (κ1) is 17.5. The zero-order valence-electron chi connectivity index (χ0n) is 16.5. The highest BCUT2D eigenvalue weighted by Gasteiger charge is 2.72. The first-order valence-corrected chi connectivity index (χ1v) is 10.8. The van der Waals surface area contributed by atoms with E-state index in [0.29, 0.717) is 5.75 Å². The van der Waals surface area contributed by atoms with Crippen LogP contribution in [0.4, 0.5) is 0 Å². The number of aliphatic hydroxyl groups is 1. The second kappa shape index (κ2) is 5.85. The molecule has 0 aromatic heterocycles. The summed E-state index contributed by atoms with van der Waals surface area (Å²) >= 11 is 0. The van der Waals surface area contributed by atoms with Gasteiger partial charge in [-0.2, -0.15) is 0 Å². The summed E-state index contributed by atoms with van der Waals surface area (Å²) in [7, 11) is 1.62. The molecule has 3 aliphatic carbocycles. The molecule has 5 aliphatic rings. The Hall–Kier alpha value is -1.34. The van der Waals surface area contributed by atoms with Crippen molar-refractivity contribution >= 4 is 0 Å². The molecule has 2 aliphatic heterocycles. The summed E-state index contributed by atoms with van der Waals surface area (Å²) in [5.74, 6) is 2.32. The predicted octanol–water partition coefficient (Wildman–Crippen LogP) is 1.56. The van der Waals surface area contributed by atoms with Gasteiger partial charge in [-0.25, -0.2) is 0 Å². The highest BCUT2D eigenvalue weighted by atomic mass is 16.7. The van der Waals surface area contributed by atoms with E-state index in [-0.39, 0.29) is 25.0 Å². The zero-order valence-corrected chi connectivity index (χ0v) is 16.5. The molecule has 3 N–H and O–H groups in total. The summed E-state index contributed by atoms with van der Waals surface area (Å²) in [5.41, 5.74) is 7.86. The maximum atomic E-state index is 12.3. The summed E-state index contributed by atoms with van der Waals surface area (Å²) < 4.78 is 17.5. The molecule has 1 spiro atoms. The van der Waals surface area contributed by atoms with Gasteiger partial charge >= 0.3 is 0 Å². The minimum atomic E-state index is -0.779. The van der Waals surface area contributed by atoms with Crippen molar-refractivity contribution in [1.82, 2.24) is 4.90 Å². The normalized spacial score (nSPS) is 40.8. The van der Waals surface area contributed by atoms with Crippen LogP contribution in [0.5, 0.6) is 11.5 Å². The molecule has 0 unspecified atom stereocenters. The van der Waals surface area contributed by atoms with Crippen LogP contribution in [0, 0.1) is 5.92 Å². The Morgan fingerprint density at radius 2 is 2.14 bits per heavy atom. The molecule has 1 saturated heterocycles. The van der Waals surface area contributed by atoms with E-state index in [1.54, 1.807) is 7.11 Å². The molecule has 0 radical (unpaired) electrons. The van der Waals surface area contributed by atoms with Gasteiger partial charge < -0.3 is 25.1 Å². The molecule has 2 heterocycles. The maximum absolute atomic E-state index is 12.3. The Labute approximate surface area is 165 Å². The minimum absolute atomic E-state index is 0.0652. The third-order valence-corrected chi connectivity index (χ3v) is 8.13. The Balaban J connectivity index is 1.50. The molecule has 2 bridgehead atoms. The van der Waals surface area contributed by atoms with Crippen LogP contribution in [-0.4, -0.2) is 60.8 Å². The van der Waals surface area contributed by atoms with E-state index in [1.165, 1.54) is 24.0 Å². The number of piperidine rings is 1. The minimum Gasteiger partial charge on any atom is -0.484 e. The van der Waals surface area contributed by atoms with Gasteiger partial charge in [-0.1, -0.05) is 6.07 Å². The summed E-state index contributed by atoms with van der Waals surface area (Å²) in [6, 6.07) is 4.26. The second-order valence-electron chi connectivity index (χ2n) is 9.52. The fraction of sp³-hybridized carbons (Fsp3) is 0.727. The molecule has 1 aromatic rings. The fourth-order valence-corrected chi connectivity index (χ4v) is 6.75. The van der Waals surface area contributed by atoms with Gasteiger partial charge in [0.1, 0.15) is 6.10 Å². The fourth-order valence-electron chi connectivity index (χ4n) is 6.75. The average Bonchev–Trinajstić information content (AvgIpc) is 3.42. The lowest BCUT2D eigenvalue weighted by atomic mass is 9.48. The van der Waals surface area contributed by atoms with E-state index in [4.69, 9.17) is 19.9 Å². The lowest BCUT2D eigenvalue weighted by Crippen LogP contribution is -2.77. The van der Waals surface area contributed by atoms with Crippen LogP contribution in [0.2, 0.25) is 0 Å². The van der Waals surface area contributed by atoms with E-state index in [1.807, 2.05) is 6.07 Å². The van der Waals surface area contributed by atoms with E-state index >= 15 is 0 Å².